The second-order valence-electron chi connectivity index (χ2n) is 5.68. The normalized spacial score (nSPS) is 18.2. The van der Waals surface area contributed by atoms with Crippen LogP contribution in [0, 0.1) is 5.92 Å². The summed E-state index contributed by atoms with van der Waals surface area (Å²) < 4.78 is 0. The number of hydrogen-bond donors (Lipinski definition) is 2. The third kappa shape index (κ3) is 4.08. The summed E-state index contributed by atoms with van der Waals surface area (Å²) in [5, 5.41) is 3.52. The van der Waals surface area contributed by atoms with Crippen molar-refractivity contribution in [2.24, 2.45) is 5.92 Å². The van der Waals surface area contributed by atoms with Gasteiger partial charge >= 0.3 is 0 Å². The monoisotopic (exact) mass is 262 g/mol. The van der Waals surface area contributed by atoms with Gasteiger partial charge in [0.15, 0.2) is 0 Å². The molecule has 1 aliphatic rings. The average Bonchev–Trinajstić information content (AvgIpc) is 2.39. The summed E-state index contributed by atoms with van der Waals surface area (Å²) in [6, 6.07) is 2.31. The zero-order valence-electron chi connectivity index (χ0n) is 12.2. The lowest BCUT2D eigenvalue weighted by molar-refractivity contribution is 0.328. The molecule has 1 aromatic heterocycles. The maximum atomic E-state index is 5.85. The van der Waals surface area contributed by atoms with Gasteiger partial charge < -0.3 is 11.1 Å². The standard InChI is InChI=1S/C15H26N4/c1-3-7-14-18-13(16)10-15(19-14)17-11(2)12-8-5-4-6-9-12/h10-12H,3-9H2,1-2H3,(H3,16,17,18,19). The van der Waals surface area contributed by atoms with E-state index in [1.807, 2.05) is 6.07 Å². The molecule has 0 saturated heterocycles. The van der Waals surface area contributed by atoms with E-state index in [1.54, 1.807) is 0 Å². The number of nitrogens with two attached hydrogens (primary N) is 1. The van der Waals surface area contributed by atoms with Gasteiger partial charge in [-0.15, -0.1) is 0 Å². The smallest absolute Gasteiger partial charge is 0.133 e. The number of aromatic nitrogens is 2. The van der Waals surface area contributed by atoms with Crippen LogP contribution in [0.3, 0.4) is 0 Å². The SMILES string of the molecule is CCCc1nc(N)cc(NC(C)C2CCCCC2)n1. The summed E-state index contributed by atoms with van der Waals surface area (Å²) in [7, 11) is 0. The van der Waals surface area contributed by atoms with Crippen LogP contribution in [0.5, 0.6) is 0 Å². The van der Waals surface area contributed by atoms with E-state index < -0.39 is 0 Å². The van der Waals surface area contributed by atoms with E-state index in [4.69, 9.17) is 5.73 Å². The molecule has 1 aromatic rings. The Labute approximate surface area is 116 Å². The van der Waals surface area contributed by atoms with Gasteiger partial charge in [0, 0.05) is 18.5 Å². The minimum Gasteiger partial charge on any atom is -0.384 e. The summed E-state index contributed by atoms with van der Waals surface area (Å²) in [5.41, 5.74) is 5.85. The van der Waals surface area contributed by atoms with Crippen LogP contribution in [0.15, 0.2) is 6.07 Å². The molecule has 0 bridgehead atoms. The minimum absolute atomic E-state index is 0.462. The molecule has 4 nitrogen and oxygen atoms in total. The van der Waals surface area contributed by atoms with Crippen molar-refractivity contribution in [1.29, 1.82) is 0 Å². The summed E-state index contributed by atoms with van der Waals surface area (Å²) in [6.45, 7) is 4.39. The Kier molecular flexibility index (Phi) is 5.00. The molecule has 0 amide bonds. The second-order valence-corrected chi connectivity index (χ2v) is 5.68. The summed E-state index contributed by atoms with van der Waals surface area (Å²) in [6.07, 6.45) is 8.71. The summed E-state index contributed by atoms with van der Waals surface area (Å²) in [5.74, 6) is 3.06. The zero-order valence-corrected chi connectivity index (χ0v) is 12.2. The molecule has 3 N–H and O–H groups in total. The van der Waals surface area contributed by atoms with Gasteiger partial charge in [0.2, 0.25) is 0 Å². The molecule has 1 saturated carbocycles. The van der Waals surface area contributed by atoms with Crippen molar-refractivity contribution in [3.05, 3.63) is 11.9 Å². The molecule has 0 spiro atoms. The highest BCUT2D eigenvalue weighted by Gasteiger charge is 2.20. The van der Waals surface area contributed by atoms with Crippen LogP contribution in [0.1, 0.15) is 58.2 Å². The Morgan fingerprint density at radius 2 is 2.05 bits per heavy atom. The molecule has 4 heteroatoms. The minimum atomic E-state index is 0.462. The molecule has 19 heavy (non-hydrogen) atoms. The van der Waals surface area contributed by atoms with Gasteiger partial charge in [0.05, 0.1) is 0 Å². The molecule has 106 valence electrons. The third-order valence-electron chi connectivity index (χ3n) is 4.00. The molecule has 1 fully saturated rings. The van der Waals surface area contributed by atoms with Crippen LogP contribution in [0.25, 0.3) is 0 Å². The molecule has 2 rings (SSSR count). The van der Waals surface area contributed by atoms with Crippen molar-refractivity contribution in [3.8, 4) is 0 Å². The lowest BCUT2D eigenvalue weighted by Gasteiger charge is -2.28. The molecule has 0 radical (unpaired) electrons. The quantitative estimate of drug-likeness (QED) is 0.853. The van der Waals surface area contributed by atoms with Gasteiger partial charge in [-0.3, -0.25) is 0 Å². The van der Waals surface area contributed by atoms with E-state index >= 15 is 0 Å². The first-order valence-electron chi connectivity index (χ1n) is 7.59. The maximum absolute atomic E-state index is 5.85. The molecule has 1 heterocycles. The topological polar surface area (TPSA) is 63.8 Å². The van der Waals surface area contributed by atoms with Crippen molar-refractivity contribution >= 4 is 11.6 Å². The maximum Gasteiger partial charge on any atom is 0.133 e. The first kappa shape index (κ1) is 14.1. The van der Waals surface area contributed by atoms with E-state index in [0.29, 0.717) is 11.9 Å². The second kappa shape index (κ2) is 6.73. The Hall–Kier alpha value is -1.32. The van der Waals surface area contributed by atoms with Crippen molar-refractivity contribution in [3.63, 3.8) is 0 Å². The van der Waals surface area contributed by atoms with Crippen molar-refractivity contribution in [2.45, 2.75) is 64.8 Å². The van der Waals surface area contributed by atoms with E-state index in [0.717, 1.165) is 30.4 Å². The van der Waals surface area contributed by atoms with Crippen LogP contribution in [-0.4, -0.2) is 16.0 Å². The highest BCUT2D eigenvalue weighted by atomic mass is 15.1. The van der Waals surface area contributed by atoms with Crippen LogP contribution in [-0.2, 0) is 6.42 Å². The number of anilines is 2. The number of rotatable bonds is 5. The number of nitrogens with zero attached hydrogens (tertiary/aromatic N) is 2. The predicted octanol–water partition coefficient (Wildman–Crippen LogP) is 3.39. The van der Waals surface area contributed by atoms with Gasteiger partial charge in [0.1, 0.15) is 17.5 Å². The number of hydrogen-bond acceptors (Lipinski definition) is 4. The lowest BCUT2D eigenvalue weighted by atomic mass is 9.84. The van der Waals surface area contributed by atoms with Crippen LogP contribution < -0.4 is 11.1 Å². The van der Waals surface area contributed by atoms with Crippen molar-refractivity contribution in [1.82, 2.24) is 9.97 Å². The first-order valence-corrected chi connectivity index (χ1v) is 7.59. The zero-order chi connectivity index (χ0) is 13.7. The molecule has 1 unspecified atom stereocenters. The molecule has 1 atom stereocenters. The molecule has 1 aliphatic carbocycles. The largest absolute Gasteiger partial charge is 0.384 e. The van der Waals surface area contributed by atoms with Crippen molar-refractivity contribution in [2.75, 3.05) is 11.1 Å². The number of aryl methyl sites for hydroxylation is 1. The van der Waals surface area contributed by atoms with E-state index in [1.165, 1.54) is 32.1 Å². The Balaban J connectivity index is 2.00. The lowest BCUT2D eigenvalue weighted by Crippen LogP contribution is -2.28. The highest BCUT2D eigenvalue weighted by Crippen LogP contribution is 2.27. The van der Waals surface area contributed by atoms with E-state index in [2.05, 4.69) is 29.1 Å². The molecule has 0 aliphatic heterocycles. The average molecular weight is 262 g/mol. The Morgan fingerprint density at radius 1 is 1.32 bits per heavy atom. The molecule has 0 aromatic carbocycles. The predicted molar refractivity (Wildman–Crippen MR) is 80.1 cm³/mol. The van der Waals surface area contributed by atoms with E-state index in [-0.39, 0.29) is 0 Å². The molecular weight excluding hydrogens is 236 g/mol. The fourth-order valence-corrected chi connectivity index (χ4v) is 2.91. The summed E-state index contributed by atoms with van der Waals surface area (Å²) >= 11 is 0. The fourth-order valence-electron chi connectivity index (χ4n) is 2.91. The van der Waals surface area contributed by atoms with Crippen LogP contribution in [0.4, 0.5) is 11.6 Å². The fraction of sp³-hybridized carbons (Fsp3) is 0.733. The Bertz CT molecular complexity index is 399. The highest BCUT2D eigenvalue weighted by molar-refractivity contribution is 5.45. The van der Waals surface area contributed by atoms with Crippen molar-refractivity contribution < 1.29 is 0 Å². The van der Waals surface area contributed by atoms with Gasteiger partial charge in [0.25, 0.3) is 0 Å². The van der Waals surface area contributed by atoms with Crippen LogP contribution >= 0.6 is 0 Å². The van der Waals surface area contributed by atoms with Gasteiger partial charge in [-0.25, -0.2) is 9.97 Å². The first-order chi connectivity index (χ1) is 9.19. The van der Waals surface area contributed by atoms with Gasteiger partial charge in [-0.05, 0) is 32.1 Å². The van der Waals surface area contributed by atoms with Gasteiger partial charge in [-0.2, -0.15) is 0 Å². The third-order valence-corrected chi connectivity index (χ3v) is 4.00. The number of nitrogens with one attached hydrogen (secondary N) is 1. The van der Waals surface area contributed by atoms with Crippen LogP contribution in [0.2, 0.25) is 0 Å². The number of nitrogen functional groups attached to an aromatic ring is 1. The molecular formula is C15H26N4. The van der Waals surface area contributed by atoms with E-state index in [9.17, 15) is 0 Å². The Morgan fingerprint density at radius 3 is 2.74 bits per heavy atom. The van der Waals surface area contributed by atoms with Gasteiger partial charge in [-0.1, -0.05) is 26.2 Å². The summed E-state index contributed by atoms with van der Waals surface area (Å²) in [4.78, 5) is 8.83.